The number of nitrogens with zero attached hydrogens (tertiary/aromatic N) is 1. The molecule has 0 aliphatic rings. The maximum absolute atomic E-state index is 13.4. The summed E-state index contributed by atoms with van der Waals surface area (Å²) in [6.07, 6.45) is 2.51. The summed E-state index contributed by atoms with van der Waals surface area (Å²) in [6.45, 7) is 15.2. The minimum absolute atomic E-state index is 0.0220. The van der Waals surface area contributed by atoms with Gasteiger partial charge in [-0.3, -0.25) is 14.4 Å². The molecule has 0 aromatic heterocycles. The van der Waals surface area contributed by atoms with Crippen molar-refractivity contribution >= 4 is 17.7 Å². The van der Waals surface area contributed by atoms with Crippen molar-refractivity contribution in [3.05, 3.63) is 12.7 Å². The Hall–Kier alpha value is -1.89. The zero-order valence-corrected chi connectivity index (χ0v) is 19.5. The number of nitrogens with one attached hydrogen (secondary N) is 1. The number of carbonyl (C=O) groups excluding carboxylic acids is 3. The van der Waals surface area contributed by atoms with Crippen LogP contribution in [0.1, 0.15) is 60.8 Å². The van der Waals surface area contributed by atoms with E-state index in [2.05, 4.69) is 11.9 Å². The summed E-state index contributed by atoms with van der Waals surface area (Å²) in [5, 5.41) is 2.92. The van der Waals surface area contributed by atoms with Crippen LogP contribution >= 0.6 is 0 Å². The second-order valence-corrected chi connectivity index (χ2v) is 8.84. The highest BCUT2D eigenvalue weighted by Gasteiger charge is 2.38. The molecule has 0 aromatic carbocycles. The predicted molar refractivity (Wildman–Crippen MR) is 116 cm³/mol. The van der Waals surface area contributed by atoms with Gasteiger partial charge in [-0.15, -0.1) is 6.58 Å². The van der Waals surface area contributed by atoms with Crippen molar-refractivity contribution in [1.29, 1.82) is 0 Å². The van der Waals surface area contributed by atoms with E-state index in [1.165, 1.54) is 7.11 Å². The smallest absolute Gasteiger partial charge is 0.245 e. The van der Waals surface area contributed by atoms with Gasteiger partial charge >= 0.3 is 0 Å². The van der Waals surface area contributed by atoms with E-state index in [0.717, 1.165) is 6.42 Å². The SMILES string of the molecule is C=CCC(C)(C)C(=O)N[C@H](C(=O)N(C)[C@@H]([C@@H](C)CC)[C@@H](CC(N)=O)OC)C(C)C. The fraction of sp³-hybridized carbons (Fsp3) is 0.773. The number of methoxy groups -OCH3 is 1. The molecule has 0 unspecified atom stereocenters. The van der Waals surface area contributed by atoms with Crippen LogP contribution in [-0.4, -0.2) is 55.0 Å². The number of ether oxygens (including phenoxy) is 1. The first-order valence-corrected chi connectivity index (χ1v) is 10.3. The molecule has 168 valence electrons. The van der Waals surface area contributed by atoms with E-state index in [0.29, 0.717) is 6.42 Å². The third-order valence-corrected chi connectivity index (χ3v) is 5.60. The number of primary amides is 1. The lowest BCUT2D eigenvalue weighted by molar-refractivity contribution is -0.145. The van der Waals surface area contributed by atoms with Gasteiger partial charge < -0.3 is 20.7 Å². The van der Waals surface area contributed by atoms with E-state index >= 15 is 0 Å². The zero-order chi connectivity index (χ0) is 22.9. The third-order valence-electron chi connectivity index (χ3n) is 5.60. The van der Waals surface area contributed by atoms with Crippen molar-refractivity contribution in [2.24, 2.45) is 23.0 Å². The van der Waals surface area contributed by atoms with Gasteiger partial charge in [-0.05, 0) is 18.3 Å². The summed E-state index contributed by atoms with van der Waals surface area (Å²) >= 11 is 0. The highest BCUT2D eigenvalue weighted by atomic mass is 16.5. The molecule has 3 N–H and O–H groups in total. The Labute approximate surface area is 176 Å². The average molecular weight is 412 g/mol. The number of rotatable bonds is 13. The van der Waals surface area contributed by atoms with Crippen molar-refractivity contribution in [3.8, 4) is 0 Å². The van der Waals surface area contributed by atoms with E-state index < -0.39 is 23.5 Å². The standard InChI is InChI=1S/C22H41N3O4/c1-10-12-22(6,7)21(28)24-18(14(3)4)20(27)25(8)19(15(5)11-2)16(29-9)13-17(23)26/h10,14-16,18-19H,1,11-13H2,2-9H3,(H2,23,26)(H,24,28)/t15-,16+,18-,19-/m0/s1. The lowest BCUT2D eigenvalue weighted by atomic mass is 9.87. The van der Waals surface area contributed by atoms with E-state index in [1.54, 1.807) is 18.0 Å². The van der Waals surface area contributed by atoms with Crippen molar-refractivity contribution in [1.82, 2.24) is 10.2 Å². The maximum atomic E-state index is 13.4. The normalized spacial score (nSPS) is 15.9. The first-order valence-electron chi connectivity index (χ1n) is 10.3. The molecule has 0 saturated heterocycles. The van der Waals surface area contributed by atoms with E-state index in [9.17, 15) is 14.4 Å². The Balaban J connectivity index is 5.76. The lowest BCUT2D eigenvalue weighted by Crippen LogP contribution is -2.58. The fourth-order valence-corrected chi connectivity index (χ4v) is 3.45. The van der Waals surface area contributed by atoms with E-state index in [1.807, 2.05) is 41.5 Å². The Bertz CT molecular complexity index is 574. The highest BCUT2D eigenvalue weighted by molar-refractivity contribution is 5.90. The first-order chi connectivity index (χ1) is 13.3. The predicted octanol–water partition coefficient (Wildman–Crippen LogP) is 2.49. The van der Waals surface area contributed by atoms with Crippen LogP contribution in [0.5, 0.6) is 0 Å². The molecule has 29 heavy (non-hydrogen) atoms. The minimum Gasteiger partial charge on any atom is -0.379 e. The summed E-state index contributed by atoms with van der Waals surface area (Å²) in [5.41, 5.74) is 4.73. The Morgan fingerprint density at radius 3 is 2.17 bits per heavy atom. The molecular weight excluding hydrogens is 370 g/mol. The number of likely N-dealkylation sites (N-methyl/N-ethyl adjacent to an activating group) is 1. The molecule has 4 atom stereocenters. The van der Waals surface area contributed by atoms with Crippen molar-refractivity contribution in [2.45, 2.75) is 79.0 Å². The van der Waals surface area contributed by atoms with Gasteiger partial charge in [0.05, 0.1) is 18.6 Å². The summed E-state index contributed by atoms with van der Waals surface area (Å²) in [5.74, 6) is -0.916. The Kier molecular flexibility index (Phi) is 11.2. The Morgan fingerprint density at radius 1 is 1.24 bits per heavy atom. The van der Waals surface area contributed by atoms with Crippen LogP contribution in [0.15, 0.2) is 12.7 Å². The molecule has 3 amide bonds. The number of hydrogen-bond donors (Lipinski definition) is 2. The van der Waals surface area contributed by atoms with Crippen molar-refractivity contribution in [2.75, 3.05) is 14.2 Å². The fourth-order valence-electron chi connectivity index (χ4n) is 3.45. The molecule has 0 rings (SSSR count). The van der Waals surface area contributed by atoms with Gasteiger partial charge in [0.15, 0.2) is 0 Å². The molecule has 0 spiro atoms. The lowest BCUT2D eigenvalue weighted by Gasteiger charge is -2.40. The molecule has 0 aromatic rings. The number of amides is 3. The quantitative estimate of drug-likeness (QED) is 0.455. The summed E-state index contributed by atoms with van der Waals surface area (Å²) in [7, 11) is 3.21. The molecule has 7 heteroatoms. The second-order valence-electron chi connectivity index (χ2n) is 8.84. The van der Waals surface area contributed by atoms with Gasteiger partial charge in [-0.2, -0.15) is 0 Å². The van der Waals surface area contributed by atoms with Crippen LogP contribution in [0, 0.1) is 17.3 Å². The molecular formula is C22H41N3O4. The van der Waals surface area contributed by atoms with Gasteiger partial charge in [0.25, 0.3) is 0 Å². The molecule has 0 fully saturated rings. The van der Waals surface area contributed by atoms with Gasteiger partial charge in [-0.1, -0.05) is 54.0 Å². The minimum atomic E-state index is -0.686. The van der Waals surface area contributed by atoms with Gasteiger partial charge in [-0.25, -0.2) is 0 Å². The molecule has 0 aliphatic heterocycles. The molecule has 0 bridgehead atoms. The number of hydrogen-bond acceptors (Lipinski definition) is 4. The van der Waals surface area contributed by atoms with Gasteiger partial charge in [0.1, 0.15) is 6.04 Å². The van der Waals surface area contributed by atoms with Crippen LogP contribution < -0.4 is 11.1 Å². The average Bonchev–Trinajstić information content (AvgIpc) is 2.63. The van der Waals surface area contributed by atoms with Crippen LogP contribution in [0.4, 0.5) is 0 Å². The van der Waals surface area contributed by atoms with Crippen LogP contribution in [0.25, 0.3) is 0 Å². The zero-order valence-electron chi connectivity index (χ0n) is 19.5. The van der Waals surface area contributed by atoms with Crippen LogP contribution in [0.3, 0.4) is 0 Å². The first kappa shape index (κ1) is 27.1. The highest BCUT2D eigenvalue weighted by Crippen LogP contribution is 2.25. The van der Waals surface area contributed by atoms with Crippen LogP contribution in [-0.2, 0) is 19.1 Å². The third kappa shape index (κ3) is 7.80. The summed E-state index contributed by atoms with van der Waals surface area (Å²) in [6, 6.07) is -1.03. The largest absolute Gasteiger partial charge is 0.379 e. The molecule has 0 aliphatic carbocycles. The summed E-state index contributed by atoms with van der Waals surface area (Å²) in [4.78, 5) is 39.3. The number of nitrogens with two attached hydrogens (primary N) is 1. The molecule has 0 heterocycles. The summed E-state index contributed by atoms with van der Waals surface area (Å²) < 4.78 is 5.53. The van der Waals surface area contributed by atoms with E-state index in [-0.39, 0.29) is 36.1 Å². The van der Waals surface area contributed by atoms with Crippen LogP contribution in [0.2, 0.25) is 0 Å². The van der Waals surface area contributed by atoms with E-state index in [4.69, 9.17) is 10.5 Å². The monoisotopic (exact) mass is 411 g/mol. The number of allylic oxidation sites excluding steroid dienone is 1. The molecule has 7 nitrogen and oxygen atoms in total. The number of carbonyl (C=O) groups is 3. The van der Waals surface area contributed by atoms with Crippen molar-refractivity contribution < 1.29 is 19.1 Å². The molecule has 0 saturated carbocycles. The molecule has 0 radical (unpaired) electrons. The maximum Gasteiger partial charge on any atom is 0.245 e. The van der Waals surface area contributed by atoms with Gasteiger partial charge in [0, 0.05) is 19.6 Å². The topological polar surface area (TPSA) is 102 Å². The van der Waals surface area contributed by atoms with Gasteiger partial charge in [0.2, 0.25) is 17.7 Å². The Morgan fingerprint density at radius 2 is 1.79 bits per heavy atom. The second kappa shape index (κ2) is 12.0. The van der Waals surface area contributed by atoms with Crippen molar-refractivity contribution in [3.63, 3.8) is 0 Å².